The predicted octanol–water partition coefficient (Wildman–Crippen LogP) is 2.67. The second-order valence-corrected chi connectivity index (χ2v) is 5.91. The number of hydrogen-bond acceptors (Lipinski definition) is 3. The monoisotopic (exact) mass is 305 g/mol. The van der Waals surface area contributed by atoms with Crippen molar-refractivity contribution in [1.82, 2.24) is 5.32 Å². The average molecular weight is 305 g/mol. The summed E-state index contributed by atoms with van der Waals surface area (Å²) in [6.07, 6.45) is 3.72. The second kappa shape index (κ2) is 7.29. The molecule has 2 N–H and O–H groups in total. The van der Waals surface area contributed by atoms with E-state index in [1.54, 1.807) is 0 Å². The molecule has 0 saturated heterocycles. The van der Waals surface area contributed by atoms with E-state index < -0.39 is 11.5 Å². The van der Waals surface area contributed by atoms with Crippen LogP contribution in [-0.2, 0) is 9.59 Å². The van der Waals surface area contributed by atoms with Crippen LogP contribution in [0.2, 0.25) is 0 Å². The Hall–Kier alpha value is -2.04. The number of ether oxygens (including phenoxy) is 1. The van der Waals surface area contributed by atoms with E-state index in [0.717, 1.165) is 24.2 Å². The van der Waals surface area contributed by atoms with Gasteiger partial charge in [0, 0.05) is 6.42 Å². The first kappa shape index (κ1) is 16.3. The van der Waals surface area contributed by atoms with E-state index in [1.165, 1.54) is 0 Å². The van der Waals surface area contributed by atoms with Crippen molar-refractivity contribution in [1.29, 1.82) is 0 Å². The minimum absolute atomic E-state index is 0.183. The summed E-state index contributed by atoms with van der Waals surface area (Å²) in [6.45, 7) is 2.57. The summed E-state index contributed by atoms with van der Waals surface area (Å²) < 4.78 is 5.61. The molecule has 1 aromatic carbocycles. The number of nitrogens with one attached hydrogen (secondary N) is 1. The van der Waals surface area contributed by atoms with Crippen LogP contribution in [0.15, 0.2) is 24.3 Å². The van der Waals surface area contributed by atoms with Gasteiger partial charge in [0.15, 0.2) is 0 Å². The molecule has 1 aliphatic carbocycles. The van der Waals surface area contributed by atoms with Crippen LogP contribution in [-0.4, -0.2) is 29.1 Å². The maximum Gasteiger partial charge on any atom is 0.329 e. The molecule has 0 heterocycles. The fourth-order valence-corrected chi connectivity index (χ4v) is 2.53. The van der Waals surface area contributed by atoms with Crippen molar-refractivity contribution in [3.05, 3.63) is 29.8 Å². The van der Waals surface area contributed by atoms with E-state index in [-0.39, 0.29) is 5.91 Å². The first-order chi connectivity index (χ1) is 10.5. The van der Waals surface area contributed by atoms with Gasteiger partial charge in [-0.15, -0.1) is 0 Å². The van der Waals surface area contributed by atoms with Crippen LogP contribution in [0, 0.1) is 6.92 Å². The molecule has 1 fully saturated rings. The Bertz CT molecular complexity index is 537. The molecule has 1 aliphatic rings. The lowest BCUT2D eigenvalue weighted by Crippen LogP contribution is -2.59. The third kappa shape index (κ3) is 4.23. The highest BCUT2D eigenvalue weighted by Gasteiger charge is 2.45. The molecule has 22 heavy (non-hydrogen) atoms. The van der Waals surface area contributed by atoms with Crippen LogP contribution in [0.1, 0.15) is 44.1 Å². The minimum Gasteiger partial charge on any atom is -0.494 e. The number of rotatable bonds is 8. The van der Waals surface area contributed by atoms with Gasteiger partial charge in [-0.05, 0) is 56.7 Å². The second-order valence-electron chi connectivity index (χ2n) is 5.91. The summed E-state index contributed by atoms with van der Waals surface area (Å²) in [7, 11) is 0. The van der Waals surface area contributed by atoms with Crippen LogP contribution >= 0.6 is 0 Å². The third-order valence-corrected chi connectivity index (χ3v) is 4.05. The van der Waals surface area contributed by atoms with Crippen LogP contribution < -0.4 is 10.1 Å². The topological polar surface area (TPSA) is 75.6 Å². The Morgan fingerprint density at radius 3 is 2.68 bits per heavy atom. The predicted molar refractivity (Wildman–Crippen MR) is 82.9 cm³/mol. The molecule has 1 saturated carbocycles. The van der Waals surface area contributed by atoms with Crippen LogP contribution in [0.5, 0.6) is 5.75 Å². The molecule has 0 spiro atoms. The van der Waals surface area contributed by atoms with Gasteiger partial charge in [-0.3, -0.25) is 4.79 Å². The van der Waals surface area contributed by atoms with E-state index in [9.17, 15) is 9.59 Å². The molecule has 0 unspecified atom stereocenters. The summed E-state index contributed by atoms with van der Waals surface area (Å²) >= 11 is 0. The Morgan fingerprint density at radius 2 is 2.09 bits per heavy atom. The molecule has 0 radical (unpaired) electrons. The smallest absolute Gasteiger partial charge is 0.329 e. The number of amides is 1. The van der Waals surface area contributed by atoms with E-state index in [0.29, 0.717) is 32.3 Å². The van der Waals surface area contributed by atoms with Gasteiger partial charge in [0.05, 0.1) is 6.61 Å². The lowest BCUT2D eigenvalue weighted by molar-refractivity contribution is -0.151. The van der Waals surface area contributed by atoms with Crippen molar-refractivity contribution in [2.75, 3.05) is 6.61 Å². The number of aryl methyl sites for hydroxylation is 1. The first-order valence-corrected chi connectivity index (χ1v) is 7.76. The Balaban J connectivity index is 1.62. The number of carboxylic acids is 1. The maximum atomic E-state index is 11.8. The molecule has 1 amide bonds. The summed E-state index contributed by atoms with van der Waals surface area (Å²) in [5.74, 6) is -0.267. The van der Waals surface area contributed by atoms with Gasteiger partial charge >= 0.3 is 5.97 Å². The number of benzene rings is 1. The van der Waals surface area contributed by atoms with Crippen LogP contribution in [0.3, 0.4) is 0 Å². The highest BCUT2D eigenvalue weighted by atomic mass is 16.5. The Kier molecular flexibility index (Phi) is 5.41. The lowest BCUT2D eigenvalue weighted by Gasteiger charge is -2.38. The standard InChI is InChI=1S/C17H23NO4/c1-13-6-4-7-14(12-13)22-11-3-2-8-15(19)18-17(16(20)21)9-5-10-17/h4,6-7,12H,2-3,5,8-11H2,1H3,(H,18,19)(H,20,21). The van der Waals surface area contributed by atoms with Gasteiger partial charge in [-0.1, -0.05) is 12.1 Å². The Morgan fingerprint density at radius 1 is 1.32 bits per heavy atom. The average Bonchev–Trinajstić information content (AvgIpc) is 2.42. The molecule has 5 nitrogen and oxygen atoms in total. The van der Waals surface area contributed by atoms with Gasteiger partial charge in [-0.2, -0.15) is 0 Å². The number of carbonyl (C=O) groups is 2. The molecule has 0 aromatic heterocycles. The van der Waals surface area contributed by atoms with Crippen molar-refractivity contribution < 1.29 is 19.4 Å². The summed E-state index contributed by atoms with van der Waals surface area (Å²) in [5.41, 5.74) is 0.145. The van der Waals surface area contributed by atoms with E-state index >= 15 is 0 Å². The fourth-order valence-electron chi connectivity index (χ4n) is 2.53. The number of unbranched alkanes of at least 4 members (excludes halogenated alkanes) is 1. The molecule has 0 bridgehead atoms. The molecule has 120 valence electrons. The van der Waals surface area contributed by atoms with Crippen molar-refractivity contribution >= 4 is 11.9 Å². The van der Waals surface area contributed by atoms with Gasteiger partial charge in [0.25, 0.3) is 0 Å². The Labute approximate surface area is 130 Å². The largest absolute Gasteiger partial charge is 0.494 e. The van der Waals surface area contributed by atoms with Gasteiger partial charge in [-0.25, -0.2) is 4.79 Å². The van der Waals surface area contributed by atoms with Crippen molar-refractivity contribution in [2.45, 2.75) is 51.0 Å². The van der Waals surface area contributed by atoms with E-state index in [2.05, 4.69) is 5.32 Å². The quantitative estimate of drug-likeness (QED) is 0.724. The third-order valence-electron chi connectivity index (χ3n) is 4.05. The number of carbonyl (C=O) groups excluding carboxylic acids is 1. The zero-order chi connectivity index (χ0) is 16.0. The first-order valence-electron chi connectivity index (χ1n) is 7.76. The summed E-state index contributed by atoms with van der Waals surface area (Å²) in [5, 5.41) is 11.8. The zero-order valence-corrected chi connectivity index (χ0v) is 12.9. The van der Waals surface area contributed by atoms with Gasteiger partial charge in [0.2, 0.25) is 5.91 Å². The molecule has 1 aromatic rings. The minimum atomic E-state index is -1.00. The van der Waals surface area contributed by atoms with Crippen LogP contribution in [0.4, 0.5) is 0 Å². The number of carboxylic acid groups (broad SMARTS) is 1. The molecule has 2 rings (SSSR count). The number of aliphatic carboxylic acids is 1. The highest BCUT2D eigenvalue weighted by Crippen LogP contribution is 2.32. The van der Waals surface area contributed by atoms with Crippen molar-refractivity contribution in [3.63, 3.8) is 0 Å². The molecule has 0 aliphatic heterocycles. The molecular formula is C17H23NO4. The lowest BCUT2D eigenvalue weighted by atomic mass is 9.76. The summed E-state index contributed by atoms with van der Waals surface area (Å²) in [6, 6.07) is 7.84. The van der Waals surface area contributed by atoms with Gasteiger partial charge < -0.3 is 15.2 Å². The van der Waals surface area contributed by atoms with Crippen molar-refractivity contribution in [2.24, 2.45) is 0 Å². The van der Waals surface area contributed by atoms with Crippen LogP contribution in [0.25, 0.3) is 0 Å². The van der Waals surface area contributed by atoms with Gasteiger partial charge in [0.1, 0.15) is 11.3 Å². The van der Waals surface area contributed by atoms with E-state index in [4.69, 9.17) is 9.84 Å². The fraction of sp³-hybridized carbons (Fsp3) is 0.529. The normalized spacial score (nSPS) is 15.7. The SMILES string of the molecule is Cc1cccc(OCCCCC(=O)NC2(C(=O)O)CCC2)c1. The molecule has 0 atom stereocenters. The molecule has 5 heteroatoms. The summed E-state index contributed by atoms with van der Waals surface area (Å²) in [4.78, 5) is 23.0. The van der Waals surface area contributed by atoms with Crippen molar-refractivity contribution in [3.8, 4) is 5.75 Å². The maximum absolute atomic E-state index is 11.8. The molecular weight excluding hydrogens is 282 g/mol. The van der Waals surface area contributed by atoms with E-state index in [1.807, 2.05) is 31.2 Å². The zero-order valence-electron chi connectivity index (χ0n) is 12.9. The number of hydrogen-bond donors (Lipinski definition) is 2. The highest BCUT2D eigenvalue weighted by molar-refractivity contribution is 5.87.